The van der Waals surface area contributed by atoms with Crippen LogP contribution >= 0.6 is 11.6 Å². The normalized spacial score (nSPS) is 11.7. The number of carbonyl (C=O) groups excluding carboxylic acids is 2. The zero-order chi connectivity index (χ0) is 24.0. The van der Waals surface area contributed by atoms with E-state index in [9.17, 15) is 18.4 Å². The molecule has 3 rings (SSSR count). The van der Waals surface area contributed by atoms with Crippen LogP contribution in [0.5, 0.6) is 0 Å². The van der Waals surface area contributed by atoms with Crippen LogP contribution in [0.4, 0.5) is 24.2 Å². The second-order valence-electron chi connectivity index (χ2n) is 7.16. The number of fused-ring (bicyclic) bond motifs is 1. The van der Waals surface area contributed by atoms with Gasteiger partial charge in [0, 0.05) is 31.7 Å². The number of benzene rings is 2. The minimum absolute atomic E-state index is 0.00658. The number of ether oxygens (including phenoxy) is 1. The second kappa shape index (κ2) is 10.9. The Hall–Kier alpha value is -3.50. The fourth-order valence-corrected chi connectivity index (χ4v) is 3.17. The number of nitrogens with two attached hydrogens (primary N) is 1. The van der Waals surface area contributed by atoms with E-state index in [0.29, 0.717) is 16.3 Å². The van der Waals surface area contributed by atoms with Crippen molar-refractivity contribution >= 4 is 40.3 Å². The molecule has 3 aromatic rings. The first kappa shape index (κ1) is 24.1. The molecule has 8 nitrogen and oxygen atoms in total. The molecule has 33 heavy (non-hydrogen) atoms. The molecule has 0 bridgehead atoms. The van der Waals surface area contributed by atoms with Crippen LogP contribution in [0, 0.1) is 11.6 Å². The summed E-state index contributed by atoms with van der Waals surface area (Å²) in [7, 11) is 1.49. The standard InChI is InChI=1S/C22H22ClF2N5O3/c1-30(21(31)28-11-14-3-2-4-18(25)20(14)23)17(9-26)12-33-22(32)29-19-8-15-7-16(24)6-5-13(15)10-27-19/h2-8,10,17H,9,11-12,26H2,1H3,(H,28,31)(H,27,29,32)/t17-/m0/s1. The fourth-order valence-electron chi connectivity index (χ4n) is 2.98. The van der Waals surface area contributed by atoms with Crippen molar-refractivity contribution in [3.8, 4) is 0 Å². The van der Waals surface area contributed by atoms with Crippen LogP contribution in [0.15, 0.2) is 48.7 Å². The van der Waals surface area contributed by atoms with E-state index in [2.05, 4.69) is 15.6 Å². The second-order valence-corrected chi connectivity index (χ2v) is 7.53. The van der Waals surface area contributed by atoms with Gasteiger partial charge in [-0.1, -0.05) is 23.7 Å². The van der Waals surface area contributed by atoms with Crippen LogP contribution in [0.3, 0.4) is 0 Å². The van der Waals surface area contributed by atoms with Crippen molar-refractivity contribution in [3.63, 3.8) is 0 Å². The smallest absolute Gasteiger partial charge is 0.412 e. The van der Waals surface area contributed by atoms with Crippen molar-refractivity contribution in [2.24, 2.45) is 5.73 Å². The lowest BCUT2D eigenvalue weighted by molar-refractivity contribution is 0.119. The summed E-state index contributed by atoms with van der Waals surface area (Å²) >= 11 is 5.89. The summed E-state index contributed by atoms with van der Waals surface area (Å²) in [6, 6.07) is 8.90. The van der Waals surface area contributed by atoms with Crippen LogP contribution in [0.25, 0.3) is 10.8 Å². The molecule has 0 aliphatic heterocycles. The SMILES string of the molecule is CN(C(=O)NCc1cccc(F)c1Cl)[C@@H](CN)COC(=O)Nc1cc2cc(F)ccc2cn1. The molecule has 1 aromatic heterocycles. The third-order valence-corrected chi connectivity index (χ3v) is 5.35. The van der Waals surface area contributed by atoms with Gasteiger partial charge in [0.1, 0.15) is 24.1 Å². The van der Waals surface area contributed by atoms with Gasteiger partial charge >= 0.3 is 12.1 Å². The van der Waals surface area contributed by atoms with Crippen LogP contribution in [0.2, 0.25) is 5.02 Å². The van der Waals surface area contributed by atoms with Gasteiger partial charge in [-0.25, -0.2) is 23.4 Å². The molecule has 0 aliphatic carbocycles. The molecule has 174 valence electrons. The number of anilines is 1. The van der Waals surface area contributed by atoms with Gasteiger partial charge in [0.05, 0.1) is 11.1 Å². The third-order valence-electron chi connectivity index (χ3n) is 4.92. The number of rotatable bonds is 7. The Morgan fingerprint density at radius 3 is 2.76 bits per heavy atom. The lowest BCUT2D eigenvalue weighted by Gasteiger charge is -2.27. The maximum atomic E-state index is 13.5. The number of urea groups is 1. The largest absolute Gasteiger partial charge is 0.447 e. The third kappa shape index (κ3) is 6.27. The highest BCUT2D eigenvalue weighted by atomic mass is 35.5. The van der Waals surface area contributed by atoms with Crippen molar-refractivity contribution in [1.82, 2.24) is 15.2 Å². The monoisotopic (exact) mass is 477 g/mol. The van der Waals surface area contributed by atoms with Crippen molar-refractivity contribution in [2.75, 3.05) is 25.5 Å². The molecule has 0 unspecified atom stereocenters. The van der Waals surface area contributed by atoms with E-state index in [1.807, 2.05) is 0 Å². The summed E-state index contributed by atoms with van der Waals surface area (Å²) in [5.74, 6) is -0.809. The highest BCUT2D eigenvalue weighted by Crippen LogP contribution is 2.20. The predicted molar refractivity (Wildman–Crippen MR) is 121 cm³/mol. The number of amides is 3. The number of carbonyl (C=O) groups is 2. The Kier molecular flexibility index (Phi) is 7.96. The molecule has 0 fully saturated rings. The Morgan fingerprint density at radius 2 is 2.00 bits per heavy atom. The summed E-state index contributed by atoms with van der Waals surface area (Å²) in [5, 5.41) is 6.28. The molecule has 11 heteroatoms. The molecule has 3 amide bonds. The van der Waals surface area contributed by atoms with Gasteiger partial charge in [-0.2, -0.15) is 0 Å². The zero-order valence-electron chi connectivity index (χ0n) is 17.6. The van der Waals surface area contributed by atoms with Gasteiger partial charge in [0.2, 0.25) is 0 Å². The molecule has 0 radical (unpaired) electrons. The Labute approximate surface area is 193 Å². The summed E-state index contributed by atoms with van der Waals surface area (Å²) in [6.07, 6.45) is 0.688. The number of halogens is 3. The first-order chi connectivity index (χ1) is 15.8. The first-order valence-corrected chi connectivity index (χ1v) is 10.3. The summed E-state index contributed by atoms with van der Waals surface area (Å²) in [5.41, 5.74) is 6.14. The Morgan fingerprint density at radius 1 is 1.21 bits per heavy atom. The molecule has 0 saturated heterocycles. The average Bonchev–Trinajstić information content (AvgIpc) is 2.79. The average molecular weight is 478 g/mol. The molecule has 1 atom stereocenters. The molecule has 0 saturated carbocycles. The van der Waals surface area contributed by atoms with Gasteiger partial charge in [0.15, 0.2) is 0 Å². The Balaban J connectivity index is 1.52. The first-order valence-electron chi connectivity index (χ1n) is 9.91. The van der Waals surface area contributed by atoms with Gasteiger partial charge < -0.3 is 20.7 Å². The molecule has 2 aromatic carbocycles. The molecular formula is C22H22ClF2N5O3. The number of hydrogen-bond donors (Lipinski definition) is 3. The lowest BCUT2D eigenvalue weighted by Crippen LogP contribution is -2.49. The highest BCUT2D eigenvalue weighted by Gasteiger charge is 2.21. The van der Waals surface area contributed by atoms with Gasteiger partial charge in [-0.15, -0.1) is 0 Å². The minimum Gasteiger partial charge on any atom is -0.447 e. The summed E-state index contributed by atoms with van der Waals surface area (Å²) in [4.78, 5) is 29.9. The Bertz CT molecular complexity index is 1160. The van der Waals surface area contributed by atoms with Crippen LogP contribution in [0.1, 0.15) is 5.56 Å². The quantitative estimate of drug-likeness (QED) is 0.478. The van der Waals surface area contributed by atoms with E-state index in [1.54, 1.807) is 12.1 Å². The van der Waals surface area contributed by atoms with Gasteiger partial charge in [0.25, 0.3) is 0 Å². The van der Waals surface area contributed by atoms with E-state index < -0.39 is 29.8 Å². The topological polar surface area (TPSA) is 110 Å². The molecule has 0 aliphatic rings. The minimum atomic E-state index is -0.808. The van der Waals surface area contributed by atoms with E-state index >= 15 is 0 Å². The zero-order valence-corrected chi connectivity index (χ0v) is 18.4. The van der Waals surface area contributed by atoms with Crippen molar-refractivity contribution < 1.29 is 23.1 Å². The van der Waals surface area contributed by atoms with Gasteiger partial charge in [-0.3, -0.25) is 5.32 Å². The van der Waals surface area contributed by atoms with Crippen LogP contribution < -0.4 is 16.4 Å². The van der Waals surface area contributed by atoms with E-state index in [1.165, 1.54) is 48.5 Å². The van der Waals surface area contributed by atoms with Crippen LogP contribution in [-0.4, -0.2) is 48.2 Å². The van der Waals surface area contributed by atoms with Crippen LogP contribution in [-0.2, 0) is 11.3 Å². The molecule has 0 spiro atoms. The number of nitrogens with zero attached hydrogens (tertiary/aromatic N) is 2. The molecule has 4 N–H and O–H groups in total. The number of aromatic nitrogens is 1. The summed E-state index contributed by atoms with van der Waals surface area (Å²) < 4.78 is 32.1. The van der Waals surface area contributed by atoms with Crippen molar-refractivity contribution in [3.05, 3.63) is 70.9 Å². The number of likely N-dealkylation sites (N-methyl/N-ethyl adjacent to an activating group) is 1. The molecule has 1 heterocycles. The number of nitrogens with one attached hydrogen (secondary N) is 2. The summed E-state index contributed by atoms with van der Waals surface area (Å²) in [6.45, 7) is -0.159. The number of hydrogen-bond acceptors (Lipinski definition) is 5. The van der Waals surface area contributed by atoms with E-state index in [-0.39, 0.29) is 30.5 Å². The fraction of sp³-hybridized carbons (Fsp3) is 0.227. The molecular weight excluding hydrogens is 456 g/mol. The maximum Gasteiger partial charge on any atom is 0.412 e. The van der Waals surface area contributed by atoms with E-state index in [0.717, 1.165) is 0 Å². The van der Waals surface area contributed by atoms with Crippen molar-refractivity contribution in [1.29, 1.82) is 0 Å². The lowest BCUT2D eigenvalue weighted by atomic mass is 10.2. The number of pyridine rings is 1. The van der Waals surface area contributed by atoms with Gasteiger partial charge in [-0.05, 0) is 41.3 Å². The van der Waals surface area contributed by atoms with Crippen molar-refractivity contribution in [2.45, 2.75) is 12.6 Å². The maximum absolute atomic E-state index is 13.5. The predicted octanol–water partition coefficient (Wildman–Crippen LogP) is 3.88. The van der Waals surface area contributed by atoms with E-state index in [4.69, 9.17) is 22.1 Å². The highest BCUT2D eigenvalue weighted by molar-refractivity contribution is 6.31.